The van der Waals surface area contributed by atoms with Gasteiger partial charge in [-0.15, -0.1) is 5.10 Å². The molecule has 0 saturated heterocycles. The van der Waals surface area contributed by atoms with Crippen molar-refractivity contribution in [3.8, 4) is 5.69 Å². The largest absolute Gasteiger partial charge is 0.322 e. The lowest BCUT2D eigenvalue weighted by atomic mass is 10.1. The summed E-state index contributed by atoms with van der Waals surface area (Å²) in [4.78, 5) is 22.9. The number of rotatable bonds is 5. The lowest BCUT2D eigenvalue weighted by Gasteiger charge is -2.08. The molecule has 0 aliphatic carbocycles. The van der Waals surface area contributed by atoms with Gasteiger partial charge >= 0.3 is 0 Å². The van der Waals surface area contributed by atoms with Crippen LogP contribution in [0.15, 0.2) is 53.7 Å². The van der Waals surface area contributed by atoms with Crippen LogP contribution in [0.3, 0.4) is 0 Å². The molecule has 0 fully saturated rings. The van der Waals surface area contributed by atoms with Gasteiger partial charge < -0.3 is 5.32 Å². The van der Waals surface area contributed by atoms with E-state index in [4.69, 9.17) is 0 Å². The van der Waals surface area contributed by atoms with E-state index in [9.17, 15) is 14.9 Å². The van der Waals surface area contributed by atoms with Gasteiger partial charge in [0.25, 0.3) is 11.6 Å². The maximum atomic E-state index is 12.4. The third-order valence-corrected chi connectivity index (χ3v) is 3.94. The summed E-state index contributed by atoms with van der Waals surface area (Å²) in [5, 5.41) is 25.7. The van der Waals surface area contributed by atoms with E-state index in [1.807, 2.05) is 6.26 Å². The number of benzene rings is 2. The van der Waals surface area contributed by atoms with Crippen molar-refractivity contribution in [2.24, 2.45) is 0 Å². The van der Waals surface area contributed by atoms with E-state index in [0.717, 1.165) is 0 Å². The Kier molecular flexibility index (Phi) is 4.70. The number of amides is 1. The monoisotopic (exact) mass is 356 g/mol. The highest BCUT2D eigenvalue weighted by Crippen LogP contribution is 2.22. The molecule has 3 rings (SSSR count). The van der Waals surface area contributed by atoms with Crippen LogP contribution in [0.1, 0.15) is 10.4 Å². The minimum Gasteiger partial charge on any atom is -0.322 e. The summed E-state index contributed by atoms with van der Waals surface area (Å²) in [6, 6.07) is 12.7. The lowest BCUT2D eigenvalue weighted by Crippen LogP contribution is -2.14. The molecule has 3 aromatic rings. The summed E-state index contributed by atoms with van der Waals surface area (Å²) in [6.07, 6.45) is 1.85. The first-order valence-corrected chi connectivity index (χ1v) is 8.30. The number of nitro groups is 1. The predicted octanol–water partition coefficient (Wildman–Crippen LogP) is 2.54. The fraction of sp³-hybridized carbons (Fsp3) is 0.0667. The number of hydrogen-bond donors (Lipinski definition) is 1. The number of anilines is 1. The van der Waals surface area contributed by atoms with Crippen LogP contribution in [-0.4, -0.2) is 37.3 Å². The fourth-order valence-electron chi connectivity index (χ4n) is 2.21. The van der Waals surface area contributed by atoms with Gasteiger partial charge in [-0.1, -0.05) is 30.0 Å². The van der Waals surface area contributed by atoms with Crippen molar-refractivity contribution in [1.82, 2.24) is 20.2 Å². The molecule has 10 heteroatoms. The average Bonchev–Trinajstić information content (AvgIpc) is 3.10. The van der Waals surface area contributed by atoms with Gasteiger partial charge in [-0.2, -0.15) is 4.68 Å². The van der Waals surface area contributed by atoms with Crippen molar-refractivity contribution in [3.63, 3.8) is 0 Å². The molecule has 0 aliphatic rings. The summed E-state index contributed by atoms with van der Waals surface area (Å²) in [7, 11) is 0. The Morgan fingerprint density at radius 1 is 1.24 bits per heavy atom. The van der Waals surface area contributed by atoms with Gasteiger partial charge in [0, 0.05) is 11.8 Å². The molecule has 0 radical (unpaired) electrons. The first kappa shape index (κ1) is 16.6. The third-order valence-electron chi connectivity index (χ3n) is 3.32. The summed E-state index contributed by atoms with van der Waals surface area (Å²) < 4.78 is 1.53. The standard InChI is InChI=1S/C15H12N6O3S/c1-25-15-17-18-19-20(15)11-6-4-5-10(9-11)16-14(22)12-7-2-3-8-13(12)21(23)24/h2-9H,1H3,(H,16,22). The molecule has 1 amide bonds. The molecular formula is C15H12N6O3S. The first-order chi connectivity index (χ1) is 12.1. The second kappa shape index (κ2) is 7.09. The van der Waals surface area contributed by atoms with E-state index in [1.165, 1.54) is 34.6 Å². The van der Waals surface area contributed by atoms with Crippen LogP contribution in [0, 0.1) is 10.1 Å². The number of hydrogen-bond acceptors (Lipinski definition) is 7. The van der Waals surface area contributed by atoms with Crippen LogP contribution in [0.5, 0.6) is 0 Å². The maximum absolute atomic E-state index is 12.4. The molecule has 1 aromatic heterocycles. The second-order valence-electron chi connectivity index (χ2n) is 4.86. The second-order valence-corrected chi connectivity index (χ2v) is 5.63. The fourth-order valence-corrected chi connectivity index (χ4v) is 2.64. The van der Waals surface area contributed by atoms with Gasteiger partial charge in [-0.25, -0.2) is 0 Å². The number of para-hydroxylation sites is 1. The summed E-state index contributed by atoms with van der Waals surface area (Å²) in [6.45, 7) is 0. The van der Waals surface area contributed by atoms with E-state index >= 15 is 0 Å². The van der Waals surface area contributed by atoms with E-state index in [1.54, 1.807) is 30.3 Å². The number of nitrogens with one attached hydrogen (secondary N) is 1. The summed E-state index contributed by atoms with van der Waals surface area (Å²) >= 11 is 1.38. The topological polar surface area (TPSA) is 116 Å². The highest BCUT2D eigenvalue weighted by molar-refractivity contribution is 7.98. The van der Waals surface area contributed by atoms with Crippen LogP contribution >= 0.6 is 11.8 Å². The first-order valence-electron chi connectivity index (χ1n) is 7.07. The van der Waals surface area contributed by atoms with Gasteiger partial charge in [-0.3, -0.25) is 14.9 Å². The van der Waals surface area contributed by atoms with E-state index < -0.39 is 10.8 Å². The molecule has 0 aliphatic heterocycles. The van der Waals surface area contributed by atoms with Gasteiger partial charge in [0.2, 0.25) is 5.16 Å². The van der Waals surface area contributed by atoms with E-state index in [-0.39, 0.29) is 11.3 Å². The van der Waals surface area contributed by atoms with Crippen molar-refractivity contribution in [2.75, 3.05) is 11.6 Å². The number of nitro benzene ring substituents is 1. The Balaban J connectivity index is 1.88. The van der Waals surface area contributed by atoms with Gasteiger partial charge in [0.05, 0.1) is 10.6 Å². The van der Waals surface area contributed by atoms with Crippen molar-refractivity contribution in [3.05, 3.63) is 64.2 Å². The number of aromatic nitrogens is 4. The average molecular weight is 356 g/mol. The zero-order valence-electron chi connectivity index (χ0n) is 13.0. The molecule has 0 spiro atoms. The Hall–Kier alpha value is -3.27. The zero-order chi connectivity index (χ0) is 17.8. The molecule has 1 N–H and O–H groups in total. The van der Waals surface area contributed by atoms with Gasteiger partial charge in [0.15, 0.2) is 0 Å². The molecule has 0 bridgehead atoms. The molecule has 0 saturated carbocycles. The summed E-state index contributed by atoms with van der Waals surface area (Å²) in [5.74, 6) is -0.564. The highest BCUT2D eigenvalue weighted by Gasteiger charge is 2.19. The van der Waals surface area contributed by atoms with Gasteiger partial charge in [0.1, 0.15) is 5.56 Å². The summed E-state index contributed by atoms with van der Waals surface area (Å²) in [5.41, 5.74) is 0.879. The number of carbonyl (C=O) groups excluding carboxylic acids is 1. The van der Waals surface area contributed by atoms with Crippen molar-refractivity contribution < 1.29 is 9.72 Å². The third kappa shape index (κ3) is 3.48. The number of carbonyl (C=O) groups is 1. The number of thioether (sulfide) groups is 1. The molecule has 126 valence electrons. The minimum atomic E-state index is -0.586. The van der Waals surface area contributed by atoms with Crippen LogP contribution in [0.4, 0.5) is 11.4 Å². The number of nitrogens with zero attached hydrogens (tertiary/aromatic N) is 5. The smallest absolute Gasteiger partial charge is 0.282 e. The zero-order valence-corrected chi connectivity index (χ0v) is 13.8. The highest BCUT2D eigenvalue weighted by atomic mass is 32.2. The molecule has 0 atom stereocenters. The van der Waals surface area contributed by atoms with Crippen LogP contribution in [0.2, 0.25) is 0 Å². The quantitative estimate of drug-likeness (QED) is 0.424. The maximum Gasteiger partial charge on any atom is 0.282 e. The predicted molar refractivity (Wildman–Crippen MR) is 92.0 cm³/mol. The van der Waals surface area contributed by atoms with Crippen LogP contribution in [-0.2, 0) is 0 Å². The van der Waals surface area contributed by atoms with Gasteiger partial charge in [-0.05, 0) is 40.9 Å². The SMILES string of the molecule is CSc1nnnn1-c1cccc(NC(=O)c2ccccc2[N+](=O)[O-])c1. The van der Waals surface area contributed by atoms with E-state index in [0.29, 0.717) is 16.5 Å². The van der Waals surface area contributed by atoms with Crippen molar-refractivity contribution in [1.29, 1.82) is 0 Å². The van der Waals surface area contributed by atoms with Crippen LogP contribution < -0.4 is 5.32 Å². The molecule has 1 heterocycles. The molecule has 25 heavy (non-hydrogen) atoms. The van der Waals surface area contributed by atoms with Crippen molar-refractivity contribution in [2.45, 2.75) is 5.16 Å². The normalized spacial score (nSPS) is 10.4. The van der Waals surface area contributed by atoms with E-state index in [2.05, 4.69) is 20.8 Å². The Morgan fingerprint density at radius 2 is 2.04 bits per heavy atom. The molecule has 0 unspecified atom stereocenters. The Bertz CT molecular complexity index is 942. The lowest BCUT2D eigenvalue weighted by molar-refractivity contribution is -0.385. The minimum absolute atomic E-state index is 0.00914. The Labute approximate surface area is 146 Å². The Morgan fingerprint density at radius 3 is 2.80 bits per heavy atom. The molecule has 9 nitrogen and oxygen atoms in total. The van der Waals surface area contributed by atoms with Crippen molar-refractivity contribution >= 4 is 29.0 Å². The number of tetrazole rings is 1. The molecular weight excluding hydrogens is 344 g/mol. The molecule has 2 aromatic carbocycles. The van der Waals surface area contributed by atoms with Crippen LogP contribution in [0.25, 0.3) is 5.69 Å².